The maximum atomic E-state index is 12.8. The number of thiophene rings is 1. The average Bonchev–Trinajstić information content (AvgIpc) is 3.39. The lowest BCUT2D eigenvalue weighted by atomic mass is 9.95. The van der Waals surface area contributed by atoms with Crippen LogP contribution in [-0.2, 0) is 17.6 Å². The van der Waals surface area contributed by atoms with Gasteiger partial charge in [0.05, 0.1) is 23.2 Å². The number of carbonyl (C=O) groups is 1. The normalized spacial score (nSPS) is 13.0. The van der Waals surface area contributed by atoms with Gasteiger partial charge >= 0.3 is 0 Å². The van der Waals surface area contributed by atoms with E-state index in [0.717, 1.165) is 46.7 Å². The number of rotatable bonds is 7. The lowest BCUT2D eigenvalue weighted by molar-refractivity contribution is -0.118. The molecule has 7 heteroatoms. The maximum Gasteiger partial charge on any atom is 0.262 e. The number of aryl methyl sites for hydroxylation is 1. The van der Waals surface area contributed by atoms with Crippen molar-refractivity contribution < 1.29 is 14.3 Å². The molecule has 32 heavy (non-hydrogen) atoms. The van der Waals surface area contributed by atoms with E-state index in [0.29, 0.717) is 18.1 Å². The van der Waals surface area contributed by atoms with Crippen LogP contribution in [-0.4, -0.2) is 29.1 Å². The minimum atomic E-state index is -0.202. The Morgan fingerprint density at radius 1 is 1.06 bits per heavy atom. The van der Waals surface area contributed by atoms with Crippen molar-refractivity contribution in [2.75, 3.05) is 18.5 Å². The molecule has 0 atom stereocenters. The van der Waals surface area contributed by atoms with Gasteiger partial charge in [-0.2, -0.15) is 0 Å². The van der Waals surface area contributed by atoms with E-state index in [9.17, 15) is 4.79 Å². The third-order valence-electron chi connectivity index (χ3n) is 5.56. The van der Waals surface area contributed by atoms with E-state index in [1.807, 2.05) is 55.5 Å². The molecule has 1 aliphatic carbocycles. The molecule has 0 saturated heterocycles. The number of anilines is 1. The van der Waals surface area contributed by atoms with Crippen LogP contribution in [0.2, 0.25) is 0 Å². The van der Waals surface area contributed by atoms with Gasteiger partial charge in [-0.15, -0.1) is 11.3 Å². The predicted octanol–water partition coefficient (Wildman–Crippen LogP) is 5.59. The zero-order valence-electron chi connectivity index (χ0n) is 17.9. The van der Waals surface area contributed by atoms with Crippen molar-refractivity contribution in [1.29, 1.82) is 0 Å². The minimum absolute atomic E-state index is 0.0910. The summed E-state index contributed by atoms with van der Waals surface area (Å²) in [6, 6.07) is 15.4. The van der Waals surface area contributed by atoms with E-state index in [1.165, 1.54) is 16.9 Å². The number of para-hydroxylation sites is 4. The monoisotopic (exact) mass is 447 g/mol. The molecule has 4 aromatic rings. The van der Waals surface area contributed by atoms with E-state index in [-0.39, 0.29) is 12.5 Å². The Morgan fingerprint density at radius 2 is 1.81 bits per heavy atom. The van der Waals surface area contributed by atoms with Gasteiger partial charge in [-0.3, -0.25) is 4.79 Å². The van der Waals surface area contributed by atoms with Crippen molar-refractivity contribution in [1.82, 2.24) is 9.97 Å². The zero-order valence-corrected chi connectivity index (χ0v) is 18.8. The van der Waals surface area contributed by atoms with Gasteiger partial charge in [-0.25, -0.2) is 4.98 Å². The molecular formula is C25H25N3O3S. The molecule has 5 rings (SSSR count). The summed E-state index contributed by atoms with van der Waals surface area (Å²) < 4.78 is 11.3. The third kappa shape index (κ3) is 4.08. The van der Waals surface area contributed by atoms with Crippen LogP contribution in [0.3, 0.4) is 0 Å². The largest absolute Gasteiger partial charge is 0.490 e. The van der Waals surface area contributed by atoms with Crippen LogP contribution >= 0.6 is 11.3 Å². The Balaban J connectivity index is 1.40. The lowest BCUT2D eigenvalue weighted by Crippen LogP contribution is -2.20. The number of aromatic amines is 1. The number of hydrogen-bond donors (Lipinski definition) is 2. The van der Waals surface area contributed by atoms with Gasteiger partial charge in [0, 0.05) is 4.88 Å². The molecule has 1 amide bonds. The molecule has 164 valence electrons. The fraction of sp³-hybridized carbons (Fsp3) is 0.280. The molecule has 0 bridgehead atoms. The molecule has 2 heterocycles. The van der Waals surface area contributed by atoms with E-state index in [2.05, 4.69) is 10.3 Å². The summed E-state index contributed by atoms with van der Waals surface area (Å²) in [5.41, 5.74) is 4.24. The van der Waals surface area contributed by atoms with Gasteiger partial charge in [0.2, 0.25) is 0 Å². The summed E-state index contributed by atoms with van der Waals surface area (Å²) in [7, 11) is 0. The van der Waals surface area contributed by atoms with E-state index in [4.69, 9.17) is 14.5 Å². The SMILES string of the molecule is CCOc1ccccc1OCC(=O)Nc1sc2c(c1-c1nc3ccccc3[nH]1)CCCC2. The molecule has 2 N–H and O–H groups in total. The fourth-order valence-corrected chi connectivity index (χ4v) is 5.43. The number of fused-ring (bicyclic) bond motifs is 2. The highest BCUT2D eigenvalue weighted by Crippen LogP contribution is 2.43. The Labute approximate surface area is 190 Å². The average molecular weight is 448 g/mol. The van der Waals surface area contributed by atoms with E-state index >= 15 is 0 Å². The number of H-pyrrole nitrogens is 1. The summed E-state index contributed by atoms with van der Waals surface area (Å²) in [6.07, 6.45) is 4.38. The first-order chi connectivity index (χ1) is 15.7. The van der Waals surface area contributed by atoms with Crippen LogP contribution in [0, 0.1) is 0 Å². The molecule has 0 spiro atoms. The standard InChI is InChI=1S/C25H25N3O3S/c1-2-30-19-12-6-7-13-20(19)31-15-22(29)28-25-23(16-9-3-8-14-21(16)32-25)24-26-17-10-4-5-11-18(17)27-24/h4-7,10-13H,2-3,8-9,14-15H2,1H3,(H,26,27)(H,28,29). The molecule has 2 aromatic carbocycles. The molecular weight excluding hydrogens is 422 g/mol. The van der Waals surface area contributed by atoms with Crippen LogP contribution in [0.15, 0.2) is 48.5 Å². The summed E-state index contributed by atoms with van der Waals surface area (Å²) in [5, 5.41) is 3.92. The van der Waals surface area contributed by atoms with Crippen LogP contribution < -0.4 is 14.8 Å². The van der Waals surface area contributed by atoms with Gasteiger partial charge in [0.1, 0.15) is 10.8 Å². The molecule has 0 fully saturated rings. The Morgan fingerprint density at radius 3 is 2.62 bits per heavy atom. The Kier molecular flexibility index (Phi) is 5.81. The number of amides is 1. The molecule has 0 saturated carbocycles. The van der Waals surface area contributed by atoms with Gasteiger partial charge in [0.25, 0.3) is 5.91 Å². The molecule has 2 aromatic heterocycles. The second-order valence-corrected chi connectivity index (χ2v) is 8.84. The summed E-state index contributed by atoms with van der Waals surface area (Å²) in [4.78, 5) is 22.4. The number of ether oxygens (including phenoxy) is 2. The van der Waals surface area contributed by atoms with Gasteiger partial charge in [0.15, 0.2) is 18.1 Å². The van der Waals surface area contributed by atoms with Crippen molar-refractivity contribution in [2.45, 2.75) is 32.6 Å². The summed E-state index contributed by atoms with van der Waals surface area (Å²) >= 11 is 1.66. The summed E-state index contributed by atoms with van der Waals surface area (Å²) in [6.45, 7) is 2.36. The zero-order chi connectivity index (χ0) is 21.9. The predicted molar refractivity (Wildman–Crippen MR) is 128 cm³/mol. The van der Waals surface area contributed by atoms with Crippen LogP contribution in [0.5, 0.6) is 11.5 Å². The molecule has 0 unspecified atom stereocenters. The first kappa shape index (κ1) is 20.6. The minimum Gasteiger partial charge on any atom is -0.490 e. The smallest absolute Gasteiger partial charge is 0.262 e. The highest BCUT2D eigenvalue weighted by Gasteiger charge is 2.25. The second kappa shape index (κ2) is 9.04. The quantitative estimate of drug-likeness (QED) is 0.387. The molecule has 6 nitrogen and oxygen atoms in total. The van der Waals surface area contributed by atoms with Crippen LogP contribution in [0.25, 0.3) is 22.4 Å². The van der Waals surface area contributed by atoms with Crippen molar-refractivity contribution in [3.63, 3.8) is 0 Å². The topological polar surface area (TPSA) is 76.2 Å². The van der Waals surface area contributed by atoms with Crippen LogP contribution in [0.1, 0.15) is 30.2 Å². The second-order valence-electron chi connectivity index (χ2n) is 7.73. The number of aromatic nitrogens is 2. The van der Waals surface area contributed by atoms with Crippen molar-refractivity contribution in [2.24, 2.45) is 0 Å². The number of benzene rings is 2. The Hall–Kier alpha value is -3.32. The van der Waals surface area contributed by atoms with Crippen molar-refractivity contribution >= 4 is 33.3 Å². The highest BCUT2D eigenvalue weighted by molar-refractivity contribution is 7.17. The van der Waals surface area contributed by atoms with E-state index in [1.54, 1.807) is 11.3 Å². The third-order valence-corrected chi connectivity index (χ3v) is 6.77. The van der Waals surface area contributed by atoms with Crippen LogP contribution in [0.4, 0.5) is 5.00 Å². The summed E-state index contributed by atoms with van der Waals surface area (Å²) in [5.74, 6) is 1.81. The highest BCUT2D eigenvalue weighted by atomic mass is 32.1. The van der Waals surface area contributed by atoms with Gasteiger partial charge < -0.3 is 19.8 Å². The fourth-order valence-electron chi connectivity index (χ4n) is 4.13. The molecule has 0 aliphatic heterocycles. The van der Waals surface area contributed by atoms with Crippen molar-refractivity contribution in [3.05, 3.63) is 59.0 Å². The number of nitrogens with one attached hydrogen (secondary N) is 2. The number of hydrogen-bond acceptors (Lipinski definition) is 5. The first-order valence-corrected chi connectivity index (χ1v) is 11.8. The Bertz CT molecular complexity index is 1230. The van der Waals surface area contributed by atoms with Crippen molar-refractivity contribution in [3.8, 4) is 22.9 Å². The molecule has 0 radical (unpaired) electrons. The lowest BCUT2D eigenvalue weighted by Gasteiger charge is -2.12. The number of carbonyl (C=O) groups excluding carboxylic acids is 1. The van der Waals surface area contributed by atoms with E-state index < -0.39 is 0 Å². The maximum absolute atomic E-state index is 12.8. The first-order valence-electron chi connectivity index (χ1n) is 11.0. The number of imidazole rings is 1. The molecule has 1 aliphatic rings. The van der Waals surface area contributed by atoms with Gasteiger partial charge in [-0.1, -0.05) is 24.3 Å². The van der Waals surface area contributed by atoms with Gasteiger partial charge in [-0.05, 0) is 62.4 Å². The number of nitrogens with zero attached hydrogens (tertiary/aromatic N) is 1.